The zero-order chi connectivity index (χ0) is 24.7. The Bertz CT molecular complexity index is 1300. The molecule has 0 unspecified atom stereocenters. The van der Waals surface area contributed by atoms with Gasteiger partial charge in [-0.25, -0.2) is 0 Å². The van der Waals surface area contributed by atoms with Gasteiger partial charge in [-0.2, -0.15) is 4.80 Å². The smallest absolute Gasteiger partial charge is 0.180 e. The van der Waals surface area contributed by atoms with Crippen LogP contribution in [-0.4, -0.2) is 36.6 Å². The summed E-state index contributed by atoms with van der Waals surface area (Å²) in [5, 5.41) is 14.9. The van der Waals surface area contributed by atoms with Crippen LogP contribution in [0.15, 0.2) is 47.4 Å². The molecule has 0 saturated carbocycles. The Morgan fingerprint density at radius 2 is 1.74 bits per heavy atom. The molecule has 0 bridgehead atoms. The maximum atomic E-state index is 6.16. The van der Waals surface area contributed by atoms with E-state index in [0.29, 0.717) is 0 Å². The molecular weight excluding hydrogens is 466 g/mol. The Balaban J connectivity index is 1.93. The highest BCUT2D eigenvalue weighted by Crippen LogP contribution is 2.44. The van der Waals surface area contributed by atoms with Gasteiger partial charge in [0.05, 0.1) is 14.2 Å². The van der Waals surface area contributed by atoms with Crippen molar-refractivity contribution in [1.82, 2.24) is 24.8 Å². The van der Waals surface area contributed by atoms with Crippen molar-refractivity contribution >= 4 is 34.3 Å². The van der Waals surface area contributed by atoms with Crippen molar-refractivity contribution in [3.05, 3.63) is 64.6 Å². The van der Waals surface area contributed by atoms with E-state index < -0.39 is 0 Å². The van der Waals surface area contributed by atoms with Crippen LogP contribution in [0.4, 0.5) is 0 Å². The molecule has 0 fully saturated rings. The Labute approximate surface area is 210 Å². The van der Waals surface area contributed by atoms with Crippen molar-refractivity contribution in [3.63, 3.8) is 0 Å². The molecule has 0 aliphatic heterocycles. The van der Waals surface area contributed by atoms with Crippen LogP contribution in [0.2, 0.25) is 5.02 Å². The van der Waals surface area contributed by atoms with Gasteiger partial charge < -0.3 is 9.30 Å². The summed E-state index contributed by atoms with van der Waals surface area (Å²) in [6.07, 6.45) is 0.766. The molecule has 0 amide bonds. The maximum absolute atomic E-state index is 6.16. The van der Waals surface area contributed by atoms with E-state index in [-0.39, 0.29) is 10.2 Å². The normalized spacial score (nSPS) is 12.5. The Kier molecular flexibility index (Phi) is 6.71. The summed E-state index contributed by atoms with van der Waals surface area (Å²) < 4.78 is 8.05. The molecule has 0 radical (unpaired) electrons. The maximum Gasteiger partial charge on any atom is 0.180 e. The molecule has 0 N–H and O–H groups in total. The van der Waals surface area contributed by atoms with Crippen LogP contribution >= 0.6 is 23.4 Å². The van der Waals surface area contributed by atoms with E-state index in [4.69, 9.17) is 16.3 Å². The second kappa shape index (κ2) is 9.27. The molecule has 0 aliphatic rings. The fraction of sp³-hybridized carbons (Fsp3) is 0.423. The standard InChI is InChI=1S/C26H32ClN5OS/c1-25(2,3)34-23-20-14-19(33-7)12-13-21(20)32(16-17-8-10-18(27)11-9-17)22(23)15-26(4,5)24-28-30-31(6)29-24/h8-14H,15-16H2,1-7H3. The highest BCUT2D eigenvalue weighted by molar-refractivity contribution is 8.00. The molecule has 0 aliphatic carbocycles. The van der Waals surface area contributed by atoms with Gasteiger partial charge in [0.25, 0.3) is 0 Å². The molecule has 4 aromatic rings. The van der Waals surface area contributed by atoms with Crippen LogP contribution in [-0.2, 0) is 25.4 Å². The molecule has 180 valence electrons. The molecule has 2 heterocycles. The van der Waals surface area contributed by atoms with Crippen molar-refractivity contribution in [1.29, 1.82) is 0 Å². The number of rotatable bonds is 7. The van der Waals surface area contributed by atoms with Crippen molar-refractivity contribution in [2.45, 2.75) is 62.6 Å². The van der Waals surface area contributed by atoms with Gasteiger partial charge in [0, 0.05) is 49.6 Å². The second-order valence-corrected chi connectivity index (χ2v) is 12.5. The number of hydrogen-bond donors (Lipinski definition) is 0. The summed E-state index contributed by atoms with van der Waals surface area (Å²) in [5.74, 6) is 1.59. The van der Waals surface area contributed by atoms with E-state index >= 15 is 0 Å². The SMILES string of the molecule is COc1ccc2c(c1)c(SC(C)(C)C)c(CC(C)(C)c1nnn(C)n1)n2Cc1ccc(Cl)cc1. The number of aromatic nitrogens is 5. The van der Waals surface area contributed by atoms with Gasteiger partial charge >= 0.3 is 0 Å². The minimum absolute atomic E-state index is 0.0339. The Morgan fingerprint density at radius 1 is 1.03 bits per heavy atom. The molecule has 0 saturated heterocycles. The van der Waals surface area contributed by atoms with Crippen LogP contribution in [0.5, 0.6) is 5.75 Å². The number of ether oxygens (including phenoxy) is 1. The van der Waals surface area contributed by atoms with Crippen molar-refractivity contribution < 1.29 is 4.74 Å². The molecule has 0 atom stereocenters. The number of methoxy groups -OCH3 is 1. The van der Waals surface area contributed by atoms with E-state index in [1.807, 2.05) is 30.0 Å². The predicted octanol–water partition coefficient (Wildman–Crippen LogP) is 6.29. The lowest BCUT2D eigenvalue weighted by molar-refractivity contribution is 0.415. The molecular formula is C26H32ClN5OS. The molecule has 6 nitrogen and oxygen atoms in total. The number of tetrazole rings is 1. The van der Waals surface area contributed by atoms with Crippen LogP contribution in [0.25, 0.3) is 10.9 Å². The van der Waals surface area contributed by atoms with Crippen LogP contribution in [0, 0.1) is 0 Å². The van der Waals surface area contributed by atoms with E-state index in [9.17, 15) is 0 Å². The van der Waals surface area contributed by atoms with Gasteiger partial charge in [-0.1, -0.05) is 58.4 Å². The zero-order valence-corrected chi connectivity index (χ0v) is 22.5. The van der Waals surface area contributed by atoms with Crippen LogP contribution in [0.1, 0.15) is 51.7 Å². The lowest BCUT2D eigenvalue weighted by Gasteiger charge is -2.25. The average molecular weight is 498 g/mol. The number of fused-ring (bicyclic) bond motifs is 1. The number of hydrogen-bond acceptors (Lipinski definition) is 5. The number of nitrogens with zero attached hydrogens (tertiary/aromatic N) is 5. The molecule has 4 rings (SSSR count). The molecule has 2 aromatic carbocycles. The predicted molar refractivity (Wildman–Crippen MR) is 140 cm³/mol. The van der Waals surface area contributed by atoms with Gasteiger partial charge in [-0.3, -0.25) is 0 Å². The molecule has 8 heteroatoms. The fourth-order valence-electron chi connectivity index (χ4n) is 4.08. The van der Waals surface area contributed by atoms with Crippen molar-refractivity contribution in [2.24, 2.45) is 7.05 Å². The first-order valence-corrected chi connectivity index (χ1v) is 12.5. The molecule has 34 heavy (non-hydrogen) atoms. The number of benzene rings is 2. The molecule has 2 aromatic heterocycles. The first-order chi connectivity index (χ1) is 16.0. The lowest BCUT2D eigenvalue weighted by Crippen LogP contribution is -2.25. The number of aryl methyl sites for hydroxylation is 1. The summed E-state index contributed by atoms with van der Waals surface area (Å²) in [4.78, 5) is 2.79. The Morgan fingerprint density at radius 3 is 2.32 bits per heavy atom. The van der Waals surface area contributed by atoms with Crippen LogP contribution < -0.4 is 4.74 Å². The third kappa shape index (κ3) is 5.26. The van der Waals surface area contributed by atoms with Gasteiger partial charge in [-0.15, -0.1) is 22.0 Å². The van der Waals surface area contributed by atoms with Gasteiger partial charge in [0.15, 0.2) is 5.82 Å². The van der Waals surface area contributed by atoms with Crippen molar-refractivity contribution in [2.75, 3.05) is 7.11 Å². The van der Waals surface area contributed by atoms with E-state index in [1.165, 1.54) is 31.9 Å². The van der Waals surface area contributed by atoms with Gasteiger partial charge in [0.1, 0.15) is 5.75 Å². The monoisotopic (exact) mass is 497 g/mol. The minimum atomic E-state index is -0.308. The van der Waals surface area contributed by atoms with E-state index in [1.54, 1.807) is 14.2 Å². The Hall–Kier alpha value is -2.51. The summed E-state index contributed by atoms with van der Waals surface area (Å²) in [7, 11) is 3.52. The molecule has 0 spiro atoms. The topological polar surface area (TPSA) is 57.8 Å². The summed E-state index contributed by atoms with van der Waals surface area (Å²) in [6.45, 7) is 11.9. The first-order valence-electron chi connectivity index (χ1n) is 11.3. The lowest BCUT2D eigenvalue weighted by atomic mass is 9.87. The largest absolute Gasteiger partial charge is 0.497 e. The highest BCUT2D eigenvalue weighted by Gasteiger charge is 2.32. The number of thioether (sulfide) groups is 1. The zero-order valence-electron chi connectivity index (χ0n) is 20.9. The van der Waals surface area contributed by atoms with Gasteiger partial charge in [-0.05, 0) is 41.1 Å². The average Bonchev–Trinajstić information content (AvgIpc) is 3.32. The summed E-state index contributed by atoms with van der Waals surface area (Å²) in [5.41, 5.74) is 3.33. The third-order valence-corrected chi connectivity index (χ3v) is 7.24. The van der Waals surface area contributed by atoms with E-state index in [2.05, 4.69) is 78.9 Å². The quantitative estimate of drug-likeness (QED) is 0.281. The highest BCUT2D eigenvalue weighted by atomic mass is 35.5. The minimum Gasteiger partial charge on any atom is -0.497 e. The summed E-state index contributed by atoms with van der Waals surface area (Å²) in [6, 6.07) is 14.4. The van der Waals surface area contributed by atoms with E-state index in [0.717, 1.165) is 29.6 Å². The number of halogens is 1. The van der Waals surface area contributed by atoms with Gasteiger partial charge in [0.2, 0.25) is 0 Å². The summed E-state index contributed by atoms with van der Waals surface area (Å²) >= 11 is 8.05. The third-order valence-electron chi connectivity index (χ3n) is 5.71. The van der Waals surface area contributed by atoms with Crippen molar-refractivity contribution in [3.8, 4) is 5.75 Å². The van der Waals surface area contributed by atoms with Crippen LogP contribution in [0.3, 0.4) is 0 Å². The fourth-order valence-corrected chi connectivity index (χ4v) is 5.40. The second-order valence-electron chi connectivity index (χ2n) is 10.2. The first kappa shape index (κ1) is 24.6.